The Morgan fingerprint density at radius 1 is 0.618 bits per heavy atom. The predicted octanol–water partition coefficient (Wildman–Crippen LogP) is 6.34. The van der Waals surface area contributed by atoms with Gasteiger partial charge >= 0.3 is 24.4 Å². The van der Waals surface area contributed by atoms with E-state index in [1.54, 1.807) is 9.80 Å². The highest BCUT2D eigenvalue weighted by atomic mass is 16.6. The van der Waals surface area contributed by atoms with Crippen LogP contribution in [0.25, 0.3) is 0 Å². The summed E-state index contributed by atoms with van der Waals surface area (Å²) in [4.78, 5) is 85.5. The lowest BCUT2D eigenvalue weighted by molar-refractivity contribution is -0.199. The number of rotatable bonds is 12. The van der Waals surface area contributed by atoms with E-state index in [1.807, 2.05) is 88.6 Å². The minimum Gasteiger partial charge on any atom is -0.447 e. The molecule has 0 radical (unpaired) electrons. The van der Waals surface area contributed by atoms with Crippen molar-refractivity contribution in [3.05, 3.63) is 35.9 Å². The first-order valence-electron chi connectivity index (χ1n) is 25.0. The van der Waals surface area contributed by atoms with E-state index in [4.69, 9.17) is 28.4 Å². The van der Waals surface area contributed by atoms with Crippen LogP contribution in [0.5, 0.6) is 0 Å². The predicted molar refractivity (Wildman–Crippen MR) is 251 cm³/mol. The number of benzene rings is 1. The number of amides is 6. The minimum atomic E-state index is -0.738. The average molecular weight is 955 g/mol. The van der Waals surface area contributed by atoms with Crippen molar-refractivity contribution >= 4 is 36.2 Å². The van der Waals surface area contributed by atoms with Gasteiger partial charge in [-0.15, -0.1) is 0 Å². The molecule has 2 N–H and O–H groups in total. The van der Waals surface area contributed by atoms with Gasteiger partial charge in [0.1, 0.15) is 36.1 Å². The maximum atomic E-state index is 13.8. The largest absolute Gasteiger partial charge is 0.447 e. The number of piperazine rings is 2. The van der Waals surface area contributed by atoms with Gasteiger partial charge in [0, 0.05) is 83.7 Å². The molecule has 2 saturated carbocycles. The molecule has 4 atom stereocenters. The van der Waals surface area contributed by atoms with E-state index in [-0.39, 0.29) is 43.0 Å². The fourth-order valence-corrected chi connectivity index (χ4v) is 9.86. The van der Waals surface area contributed by atoms with E-state index in [0.29, 0.717) is 83.7 Å². The molecule has 1 unspecified atom stereocenters. The summed E-state index contributed by atoms with van der Waals surface area (Å²) in [6.07, 6.45) is 2.45. The monoisotopic (exact) mass is 955 g/mol. The Labute approximate surface area is 402 Å². The van der Waals surface area contributed by atoms with Crippen LogP contribution in [0.1, 0.15) is 112 Å². The SMILES string of the molecule is CC1C[C@@H](OC(=O)N2CCN(C(=O)C3CCC(CNC(=O)OC(C)(C)C)CC3)CC2)[C@H](OCc2ccccc2)[C@@H](COC(=O)N2CCN(C(=O)C3CCC(CNC(=O)OC(C)(C)C)CC3)CC2)O1. The van der Waals surface area contributed by atoms with Gasteiger partial charge in [-0.05, 0) is 117 Å². The second-order valence-corrected chi connectivity index (χ2v) is 21.3. The average Bonchev–Trinajstić information content (AvgIpc) is 3.30. The quantitative estimate of drug-likeness (QED) is 0.221. The van der Waals surface area contributed by atoms with Crippen molar-refractivity contribution < 1.29 is 57.2 Å². The maximum Gasteiger partial charge on any atom is 0.410 e. The zero-order valence-electron chi connectivity index (χ0n) is 41.5. The van der Waals surface area contributed by atoms with E-state index in [9.17, 15) is 28.8 Å². The Morgan fingerprint density at radius 2 is 1.06 bits per heavy atom. The van der Waals surface area contributed by atoms with Crippen molar-refractivity contribution in [3.63, 3.8) is 0 Å². The molecule has 1 aromatic carbocycles. The second kappa shape index (κ2) is 24.1. The molecular formula is C50H78N6O12. The molecule has 0 bridgehead atoms. The van der Waals surface area contributed by atoms with Gasteiger partial charge in [-0.2, -0.15) is 0 Å². The zero-order valence-corrected chi connectivity index (χ0v) is 41.5. The first kappa shape index (κ1) is 52.5. The molecule has 68 heavy (non-hydrogen) atoms. The van der Waals surface area contributed by atoms with Gasteiger partial charge in [0.2, 0.25) is 11.8 Å². The Kier molecular flexibility index (Phi) is 18.6. The van der Waals surface area contributed by atoms with E-state index in [1.165, 1.54) is 0 Å². The molecule has 2 aliphatic carbocycles. The Morgan fingerprint density at radius 3 is 1.51 bits per heavy atom. The Balaban J connectivity index is 0.943. The molecular weight excluding hydrogens is 877 g/mol. The first-order valence-corrected chi connectivity index (χ1v) is 25.0. The fraction of sp³-hybridized carbons (Fsp3) is 0.760. The summed E-state index contributed by atoms with van der Waals surface area (Å²) < 4.78 is 35.6. The lowest BCUT2D eigenvalue weighted by Crippen LogP contribution is -2.56. The van der Waals surface area contributed by atoms with Crippen molar-refractivity contribution in [2.75, 3.05) is 72.1 Å². The number of nitrogens with zero attached hydrogens (tertiary/aromatic N) is 4. The lowest BCUT2D eigenvalue weighted by atomic mass is 9.81. The fourth-order valence-electron chi connectivity index (χ4n) is 9.86. The molecule has 5 aliphatic rings. The zero-order chi connectivity index (χ0) is 49.0. The van der Waals surface area contributed by atoms with Crippen LogP contribution >= 0.6 is 0 Å². The molecule has 0 spiro atoms. The van der Waals surface area contributed by atoms with Gasteiger partial charge < -0.3 is 58.7 Å². The van der Waals surface area contributed by atoms with Gasteiger partial charge in [-0.1, -0.05) is 30.3 Å². The van der Waals surface area contributed by atoms with Crippen LogP contribution in [0.3, 0.4) is 0 Å². The van der Waals surface area contributed by atoms with Gasteiger partial charge in [-0.3, -0.25) is 9.59 Å². The summed E-state index contributed by atoms with van der Waals surface area (Å²) >= 11 is 0. The summed E-state index contributed by atoms with van der Waals surface area (Å²) in [6, 6.07) is 9.65. The van der Waals surface area contributed by atoms with Gasteiger partial charge in [0.25, 0.3) is 0 Å². The molecule has 1 aromatic rings. The third kappa shape index (κ3) is 16.1. The molecule has 3 heterocycles. The van der Waals surface area contributed by atoms with Crippen molar-refractivity contribution in [3.8, 4) is 0 Å². The Hall–Kier alpha value is -4.84. The summed E-state index contributed by atoms with van der Waals surface area (Å²) in [5.41, 5.74) is -0.187. The summed E-state index contributed by atoms with van der Waals surface area (Å²) in [6.45, 7) is 17.0. The highest BCUT2D eigenvalue weighted by Gasteiger charge is 2.43. The molecule has 18 nitrogen and oxygen atoms in total. The number of carbonyl (C=O) groups is 6. The highest BCUT2D eigenvalue weighted by molar-refractivity contribution is 5.80. The minimum absolute atomic E-state index is 0.0787. The number of ether oxygens (including phenoxy) is 6. The van der Waals surface area contributed by atoms with Crippen molar-refractivity contribution in [1.82, 2.24) is 30.2 Å². The Bertz CT molecular complexity index is 1830. The van der Waals surface area contributed by atoms with E-state index < -0.39 is 53.9 Å². The number of nitrogens with one attached hydrogen (secondary N) is 2. The standard InChI is InChI=1S/C50H78N6O12/c1-34-29-40(66-48(62)56-27-23-54(24-28-56)44(58)39-19-15-36(16-20-39)31-52-46(60)68-50(5,6)7)42(63-32-37-11-9-8-10-12-37)41(65-34)33-64-47(61)55-25-21-53(22-26-55)43(57)38-17-13-35(14-18-38)30-51-45(59)67-49(2,3)4/h8-12,34-36,38-42H,13-33H2,1-7H3,(H,51,59)(H,52,60)/t34?,35?,36?,38?,39?,40-,41-,42+/m1/s1. The van der Waals surface area contributed by atoms with Crippen LogP contribution < -0.4 is 10.6 Å². The molecule has 18 heteroatoms. The highest BCUT2D eigenvalue weighted by Crippen LogP contribution is 2.33. The third-order valence-corrected chi connectivity index (χ3v) is 13.6. The molecule has 380 valence electrons. The van der Waals surface area contributed by atoms with Crippen LogP contribution in [-0.4, -0.2) is 163 Å². The van der Waals surface area contributed by atoms with Crippen molar-refractivity contribution in [2.45, 2.75) is 148 Å². The molecule has 5 fully saturated rings. The van der Waals surface area contributed by atoms with Crippen LogP contribution in [0.2, 0.25) is 0 Å². The van der Waals surface area contributed by atoms with E-state index >= 15 is 0 Å². The summed E-state index contributed by atoms with van der Waals surface area (Å²) in [5.74, 6) is 0.651. The molecule has 3 aliphatic heterocycles. The van der Waals surface area contributed by atoms with Crippen LogP contribution in [-0.2, 0) is 44.6 Å². The van der Waals surface area contributed by atoms with E-state index in [2.05, 4.69) is 10.6 Å². The van der Waals surface area contributed by atoms with Crippen molar-refractivity contribution in [1.29, 1.82) is 0 Å². The lowest BCUT2D eigenvalue weighted by Gasteiger charge is -2.42. The van der Waals surface area contributed by atoms with Gasteiger partial charge in [0.05, 0.1) is 12.7 Å². The van der Waals surface area contributed by atoms with Gasteiger partial charge in [0.15, 0.2) is 0 Å². The molecule has 6 amide bonds. The third-order valence-electron chi connectivity index (χ3n) is 13.6. The van der Waals surface area contributed by atoms with E-state index in [0.717, 1.165) is 56.9 Å². The number of carbonyl (C=O) groups excluding carboxylic acids is 6. The molecule has 3 saturated heterocycles. The van der Waals surface area contributed by atoms with Crippen LogP contribution in [0.4, 0.5) is 19.2 Å². The smallest absolute Gasteiger partial charge is 0.410 e. The first-order chi connectivity index (χ1) is 32.3. The van der Waals surface area contributed by atoms with Crippen LogP contribution in [0.15, 0.2) is 30.3 Å². The maximum absolute atomic E-state index is 13.8. The molecule has 0 aromatic heterocycles. The second-order valence-electron chi connectivity index (χ2n) is 21.3. The number of hydrogen-bond donors (Lipinski definition) is 2. The van der Waals surface area contributed by atoms with Crippen molar-refractivity contribution in [2.24, 2.45) is 23.7 Å². The normalized spacial score (nSPS) is 27.1. The number of alkyl carbamates (subject to hydrolysis) is 2. The number of hydrogen-bond acceptors (Lipinski definition) is 12. The molecule has 6 rings (SSSR count). The topological polar surface area (TPSA) is 195 Å². The summed E-state index contributed by atoms with van der Waals surface area (Å²) in [5, 5.41) is 5.73. The van der Waals surface area contributed by atoms with Gasteiger partial charge in [-0.25, -0.2) is 19.2 Å². The van der Waals surface area contributed by atoms with Crippen LogP contribution in [0, 0.1) is 23.7 Å². The summed E-state index contributed by atoms with van der Waals surface area (Å²) in [7, 11) is 0.